The van der Waals surface area contributed by atoms with Crippen LogP contribution in [0.15, 0.2) is 77.7 Å². The zero-order valence-electron chi connectivity index (χ0n) is 17.2. The third-order valence-corrected chi connectivity index (χ3v) is 11.5. The molecule has 0 unspecified atom stereocenters. The lowest BCUT2D eigenvalue weighted by atomic mass is 10.1. The second-order valence-electron chi connectivity index (χ2n) is 8.71. The number of allylic oxidation sites excluding steroid dienone is 1. The molecule has 0 heterocycles. The van der Waals surface area contributed by atoms with Gasteiger partial charge >= 0.3 is 0 Å². The van der Waals surface area contributed by atoms with Crippen LogP contribution in [0.4, 0.5) is 0 Å². The van der Waals surface area contributed by atoms with Crippen molar-refractivity contribution < 1.29 is 0 Å². The Hall–Kier alpha value is -1.82. The topological polar surface area (TPSA) is 0 Å². The van der Waals surface area contributed by atoms with Crippen LogP contribution in [-0.4, -0.2) is 8.07 Å². The lowest BCUT2D eigenvalue weighted by molar-refractivity contribution is 0.720. The average Bonchev–Trinajstić information content (AvgIpc) is 2.61. The van der Waals surface area contributed by atoms with Gasteiger partial charge in [-0.25, -0.2) is 0 Å². The molecule has 2 aromatic rings. The molecule has 0 amide bonds. The highest BCUT2D eigenvalue weighted by atomic mass is 28.3. The fraction of sp³-hybridized carbons (Fsp3) is 0.400. The summed E-state index contributed by atoms with van der Waals surface area (Å²) in [6.45, 7) is 12.2. The standard InChI is InChI=1S/C25H34Si/c1-25(2,3)26(4,5)24(21-20-23-16-10-7-11-17-23)19-13-12-18-22-14-8-6-9-15-22/h6-11,13-17H,12,18,20-21H2,1-5H3. The van der Waals surface area contributed by atoms with Gasteiger partial charge in [-0.05, 0) is 53.1 Å². The van der Waals surface area contributed by atoms with Gasteiger partial charge in [-0.3, -0.25) is 0 Å². The van der Waals surface area contributed by atoms with Crippen LogP contribution >= 0.6 is 0 Å². The predicted molar refractivity (Wildman–Crippen MR) is 118 cm³/mol. The first-order chi connectivity index (χ1) is 12.3. The summed E-state index contributed by atoms with van der Waals surface area (Å²) in [7, 11) is -1.54. The first-order valence-electron chi connectivity index (χ1n) is 9.83. The molecule has 138 valence electrons. The Labute approximate surface area is 161 Å². The van der Waals surface area contributed by atoms with Crippen molar-refractivity contribution in [3.63, 3.8) is 0 Å². The Kier molecular flexibility index (Phi) is 7.26. The maximum absolute atomic E-state index is 3.76. The summed E-state index contributed by atoms with van der Waals surface area (Å²) in [5.74, 6) is 0. The Morgan fingerprint density at radius 1 is 0.846 bits per heavy atom. The van der Waals surface area contributed by atoms with Gasteiger partial charge in [0.1, 0.15) is 0 Å². The van der Waals surface area contributed by atoms with Crippen LogP contribution in [0.25, 0.3) is 0 Å². The van der Waals surface area contributed by atoms with Crippen molar-refractivity contribution in [3.05, 3.63) is 88.8 Å². The Balaban J connectivity index is 2.14. The van der Waals surface area contributed by atoms with E-state index in [2.05, 4.69) is 106 Å². The van der Waals surface area contributed by atoms with Gasteiger partial charge in [0, 0.05) is 0 Å². The van der Waals surface area contributed by atoms with Gasteiger partial charge in [-0.2, -0.15) is 0 Å². The molecule has 1 heteroatoms. The highest BCUT2D eigenvalue weighted by Gasteiger charge is 2.38. The lowest BCUT2D eigenvalue weighted by Gasteiger charge is -2.38. The van der Waals surface area contributed by atoms with Gasteiger partial charge < -0.3 is 0 Å². The molecule has 26 heavy (non-hydrogen) atoms. The average molecular weight is 363 g/mol. The normalized spacial score (nSPS) is 11.7. The summed E-state index contributed by atoms with van der Waals surface area (Å²) in [4.78, 5) is 0. The van der Waals surface area contributed by atoms with E-state index >= 15 is 0 Å². The van der Waals surface area contributed by atoms with Crippen LogP contribution in [0.2, 0.25) is 18.1 Å². The summed E-state index contributed by atoms with van der Waals surface area (Å²) >= 11 is 0. The molecule has 0 N–H and O–H groups in total. The van der Waals surface area contributed by atoms with E-state index in [9.17, 15) is 0 Å². The summed E-state index contributed by atoms with van der Waals surface area (Å²) in [5, 5.41) is 1.92. The summed E-state index contributed by atoms with van der Waals surface area (Å²) < 4.78 is 0. The first kappa shape index (κ1) is 20.5. The molecular formula is C25H34Si. The molecular weight excluding hydrogens is 328 g/mol. The second-order valence-corrected chi connectivity index (χ2v) is 14.1. The van der Waals surface area contributed by atoms with Crippen molar-refractivity contribution in [2.24, 2.45) is 0 Å². The second kappa shape index (κ2) is 9.21. The molecule has 0 spiro atoms. The number of rotatable bonds is 7. The molecule has 0 aliphatic rings. The third-order valence-electron chi connectivity index (χ3n) is 5.83. The van der Waals surface area contributed by atoms with Crippen LogP contribution in [0, 0.1) is 0 Å². The molecule has 0 saturated heterocycles. The fourth-order valence-electron chi connectivity index (χ4n) is 3.01. The smallest absolute Gasteiger partial charge is 0.0906 e. The molecule has 0 radical (unpaired) electrons. The molecule has 0 aromatic heterocycles. The van der Waals surface area contributed by atoms with Crippen LogP contribution in [-0.2, 0) is 12.8 Å². The van der Waals surface area contributed by atoms with Gasteiger partial charge in [-0.1, -0.05) is 94.5 Å². The van der Waals surface area contributed by atoms with E-state index in [-0.39, 0.29) is 0 Å². The van der Waals surface area contributed by atoms with E-state index < -0.39 is 8.07 Å². The number of benzene rings is 2. The largest absolute Gasteiger partial charge is 0.130 e. The molecule has 0 saturated carbocycles. The van der Waals surface area contributed by atoms with E-state index in [1.54, 1.807) is 5.20 Å². The maximum Gasteiger partial charge on any atom is 0.0906 e. The first-order valence-corrected chi connectivity index (χ1v) is 12.8. The van der Waals surface area contributed by atoms with Crippen LogP contribution in [0.5, 0.6) is 0 Å². The van der Waals surface area contributed by atoms with Crippen LogP contribution in [0.1, 0.15) is 44.7 Å². The number of hydrogen-bond donors (Lipinski definition) is 0. The fourth-order valence-corrected chi connectivity index (χ4v) is 5.13. The van der Waals surface area contributed by atoms with E-state index in [4.69, 9.17) is 0 Å². The van der Waals surface area contributed by atoms with E-state index in [1.165, 1.54) is 11.1 Å². The Morgan fingerprint density at radius 3 is 1.85 bits per heavy atom. The van der Waals surface area contributed by atoms with Gasteiger partial charge in [0.2, 0.25) is 0 Å². The minimum Gasteiger partial charge on any atom is -0.130 e. The Bertz CT molecular complexity index is 727. The van der Waals surface area contributed by atoms with Crippen LogP contribution in [0.3, 0.4) is 0 Å². The van der Waals surface area contributed by atoms with Gasteiger partial charge in [0.15, 0.2) is 0 Å². The number of aryl methyl sites for hydroxylation is 2. The van der Waals surface area contributed by atoms with Gasteiger partial charge in [0.05, 0.1) is 8.07 Å². The SMILES string of the molecule is CC(C)(C)[Si](C)(C)C(=C=CCCc1ccccc1)CCc1ccccc1. The molecule has 2 aromatic carbocycles. The molecule has 0 nitrogen and oxygen atoms in total. The maximum atomic E-state index is 3.76. The summed E-state index contributed by atoms with van der Waals surface area (Å²) in [6, 6.07) is 21.6. The molecule has 0 aliphatic heterocycles. The molecule has 0 fully saturated rings. The van der Waals surface area contributed by atoms with E-state index in [1.807, 2.05) is 0 Å². The van der Waals surface area contributed by atoms with Crippen molar-refractivity contribution >= 4 is 8.07 Å². The Morgan fingerprint density at radius 2 is 1.35 bits per heavy atom. The van der Waals surface area contributed by atoms with Crippen molar-refractivity contribution in [1.29, 1.82) is 0 Å². The zero-order chi connectivity index (χ0) is 19.0. The van der Waals surface area contributed by atoms with Crippen molar-refractivity contribution in [1.82, 2.24) is 0 Å². The monoisotopic (exact) mass is 362 g/mol. The highest BCUT2D eigenvalue weighted by Crippen LogP contribution is 2.41. The van der Waals surface area contributed by atoms with Crippen molar-refractivity contribution in [2.45, 2.75) is 64.6 Å². The van der Waals surface area contributed by atoms with Crippen LogP contribution < -0.4 is 0 Å². The lowest BCUT2D eigenvalue weighted by Crippen LogP contribution is -2.39. The van der Waals surface area contributed by atoms with E-state index in [0.717, 1.165) is 25.7 Å². The molecule has 0 atom stereocenters. The quantitative estimate of drug-likeness (QED) is 0.356. The molecule has 2 rings (SSSR count). The summed E-state index contributed by atoms with van der Waals surface area (Å²) in [5.41, 5.74) is 6.59. The minimum atomic E-state index is -1.54. The van der Waals surface area contributed by atoms with E-state index in [0.29, 0.717) is 5.04 Å². The summed E-state index contributed by atoms with van der Waals surface area (Å²) in [6.07, 6.45) is 6.68. The van der Waals surface area contributed by atoms with Crippen molar-refractivity contribution in [2.75, 3.05) is 0 Å². The zero-order valence-corrected chi connectivity index (χ0v) is 18.2. The van der Waals surface area contributed by atoms with Gasteiger partial charge in [-0.15, -0.1) is 5.73 Å². The predicted octanol–water partition coefficient (Wildman–Crippen LogP) is 7.38. The molecule has 0 aliphatic carbocycles. The third kappa shape index (κ3) is 5.87. The van der Waals surface area contributed by atoms with Gasteiger partial charge in [0.25, 0.3) is 0 Å². The van der Waals surface area contributed by atoms with Crippen molar-refractivity contribution in [3.8, 4) is 0 Å². The number of hydrogen-bond acceptors (Lipinski definition) is 0. The minimum absolute atomic E-state index is 0.347. The highest BCUT2D eigenvalue weighted by molar-refractivity contribution is 6.86. The molecule has 0 bridgehead atoms.